The number of carboxylic acids is 1. The number of aromatic nitrogens is 1. The Labute approximate surface area is 114 Å². The zero-order chi connectivity index (χ0) is 14.9. The van der Waals surface area contributed by atoms with Gasteiger partial charge in [-0.05, 0) is 25.1 Å². The molecule has 1 N–H and O–H groups in total. The fourth-order valence-corrected chi connectivity index (χ4v) is 2.08. The molecule has 5 nitrogen and oxygen atoms in total. The Balaban J connectivity index is 2.80. The van der Waals surface area contributed by atoms with Crippen molar-refractivity contribution in [3.8, 4) is 0 Å². The summed E-state index contributed by atoms with van der Waals surface area (Å²) in [6.45, 7) is 1.56. The summed E-state index contributed by atoms with van der Waals surface area (Å²) in [4.78, 5) is 23.4. The second-order valence-electron chi connectivity index (χ2n) is 4.52. The molecule has 0 bridgehead atoms. The van der Waals surface area contributed by atoms with Gasteiger partial charge in [-0.15, -0.1) is 0 Å². The average Bonchev–Trinajstić information content (AvgIpc) is 2.41. The van der Waals surface area contributed by atoms with Gasteiger partial charge in [0, 0.05) is 24.3 Å². The van der Waals surface area contributed by atoms with Crippen LogP contribution in [0.1, 0.15) is 18.4 Å². The van der Waals surface area contributed by atoms with Gasteiger partial charge in [0.1, 0.15) is 12.5 Å². The van der Waals surface area contributed by atoms with Gasteiger partial charge in [0.15, 0.2) is 5.43 Å². The summed E-state index contributed by atoms with van der Waals surface area (Å²) in [7, 11) is 1.48. The first-order valence-electron chi connectivity index (χ1n) is 6.00. The molecule has 0 radical (unpaired) electrons. The molecule has 0 aliphatic heterocycles. The van der Waals surface area contributed by atoms with E-state index in [0.717, 1.165) is 6.07 Å². The van der Waals surface area contributed by atoms with Gasteiger partial charge >= 0.3 is 5.97 Å². The standard InChI is InChI=1S/C14H14FNO4/c1-8(14(18)19)11-6-16(7-20-2)12-4-3-9(15)5-10(12)13(11)17/h3-6,8H,7H2,1-2H3,(H,18,19). The Morgan fingerprint density at radius 1 is 1.50 bits per heavy atom. The van der Waals surface area contributed by atoms with Crippen molar-refractivity contribution in [2.75, 3.05) is 7.11 Å². The van der Waals surface area contributed by atoms with Crippen molar-refractivity contribution in [1.82, 2.24) is 4.57 Å². The first kappa shape index (κ1) is 14.2. The van der Waals surface area contributed by atoms with Gasteiger partial charge in [0.2, 0.25) is 0 Å². The van der Waals surface area contributed by atoms with Crippen LogP contribution >= 0.6 is 0 Å². The minimum absolute atomic E-state index is 0.104. The van der Waals surface area contributed by atoms with Crippen molar-refractivity contribution >= 4 is 16.9 Å². The highest BCUT2D eigenvalue weighted by atomic mass is 19.1. The lowest BCUT2D eigenvalue weighted by Crippen LogP contribution is -2.21. The monoisotopic (exact) mass is 279 g/mol. The SMILES string of the molecule is COCn1cc(C(C)C(=O)O)c(=O)c2cc(F)ccc21. The zero-order valence-corrected chi connectivity index (χ0v) is 11.1. The molecule has 1 heterocycles. The summed E-state index contributed by atoms with van der Waals surface area (Å²) in [5.74, 6) is -2.63. The molecule has 1 aromatic carbocycles. The first-order chi connectivity index (χ1) is 9.45. The van der Waals surface area contributed by atoms with Gasteiger partial charge < -0.3 is 14.4 Å². The van der Waals surface area contributed by atoms with Crippen LogP contribution in [-0.4, -0.2) is 22.8 Å². The van der Waals surface area contributed by atoms with Crippen LogP contribution in [0.5, 0.6) is 0 Å². The number of carbonyl (C=O) groups is 1. The minimum atomic E-state index is -1.11. The Bertz CT molecular complexity index is 723. The third kappa shape index (κ3) is 2.42. The fourth-order valence-electron chi connectivity index (χ4n) is 2.08. The Kier molecular flexibility index (Phi) is 3.85. The quantitative estimate of drug-likeness (QED) is 0.928. The number of pyridine rings is 1. The predicted molar refractivity (Wildman–Crippen MR) is 71.2 cm³/mol. The molecule has 1 aromatic heterocycles. The number of hydrogen-bond donors (Lipinski definition) is 1. The molecule has 106 valence electrons. The predicted octanol–water partition coefficient (Wildman–Crippen LogP) is 1.93. The maximum atomic E-state index is 13.3. The molecule has 2 aromatic rings. The van der Waals surface area contributed by atoms with Crippen LogP contribution in [0, 0.1) is 5.82 Å². The number of rotatable bonds is 4. The summed E-state index contributed by atoms with van der Waals surface area (Å²) >= 11 is 0. The smallest absolute Gasteiger partial charge is 0.310 e. The molecular weight excluding hydrogens is 265 g/mol. The van der Waals surface area contributed by atoms with Gasteiger partial charge in [-0.25, -0.2) is 4.39 Å². The van der Waals surface area contributed by atoms with E-state index in [1.807, 2.05) is 0 Å². The number of aliphatic carboxylic acids is 1. The van der Waals surface area contributed by atoms with Gasteiger partial charge in [-0.1, -0.05) is 0 Å². The fraction of sp³-hybridized carbons (Fsp3) is 0.286. The van der Waals surface area contributed by atoms with Crippen molar-refractivity contribution in [3.63, 3.8) is 0 Å². The van der Waals surface area contributed by atoms with E-state index in [4.69, 9.17) is 9.84 Å². The molecular formula is C14H14FNO4. The van der Waals surface area contributed by atoms with Crippen LogP contribution in [0.25, 0.3) is 10.9 Å². The lowest BCUT2D eigenvalue weighted by molar-refractivity contribution is -0.138. The normalized spacial score (nSPS) is 12.6. The summed E-state index contributed by atoms with van der Waals surface area (Å²) < 4.78 is 19.9. The molecule has 0 aliphatic rings. The lowest BCUT2D eigenvalue weighted by Gasteiger charge is -2.14. The number of nitrogens with zero attached hydrogens (tertiary/aromatic N) is 1. The first-order valence-corrected chi connectivity index (χ1v) is 6.00. The van der Waals surface area contributed by atoms with Crippen molar-refractivity contribution in [1.29, 1.82) is 0 Å². The molecule has 0 saturated heterocycles. The largest absolute Gasteiger partial charge is 0.481 e. The van der Waals surface area contributed by atoms with Gasteiger partial charge in [0.05, 0.1) is 11.4 Å². The average molecular weight is 279 g/mol. The van der Waals surface area contributed by atoms with E-state index < -0.39 is 23.1 Å². The molecule has 6 heteroatoms. The summed E-state index contributed by atoms with van der Waals surface area (Å²) in [5.41, 5.74) is 0.133. The molecule has 1 unspecified atom stereocenters. The zero-order valence-electron chi connectivity index (χ0n) is 11.1. The van der Waals surface area contributed by atoms with Crippen LogP contribution in [0.2, 0.25) is 0 Å². The van der Waals surface area contributed by atoms with E-state index in [-0.39, 0.29) is 17.7 Å². The third-order valence-electron chi connectivity index (χ3n) is 3.17. The third-order valence-corrected chi connectivity index (χ3v) is 3.17. The molecule has 0 amide bonds. The summed E-state index contributed by atoms with van der Waals surface area (Å²) in [5, 5.41) is 9.20. The number of methoxy groups -OCH3 is 1. The molecule has 0 aliphatic carbocycles. The van der Waals surface area contributed by atoms with Crippen LogP contribution in [0.4, 0.5) is 4.39 Å². The highest BCUT2D eigenvalue weighted by Gasteiger charge is 2.20. The van der Waals surface area contributed by atoms with Crippen LogP contribution in [0.3, 0.4) is 0 Å². The number of fused-ring (bicyclic) bond motifs is 1. The number of hydrogen-bond acceptors (Lipinski definition) is 3. The highest BCUT2D eigenvalue weighted by molar-refractivity contribution is 5.82. The summed E-state index contributed by atoms with van der Waals surface area (Å²) in [6.07, 6.45) is 1.45. The second-order valence-corrected chi connectivity index (χ2v) is 4.52. The Hall–Kier alpha value is -2.21. The van der Waals surface area contributed by atoms with Gasteiger partial charge in [0.25, 0.3) is 0 Å². The lowest BCUT2D eigenvalue weighted by atomic mass is 10.0. The van der Waals surface area contributed by atoms with Gasteiger partial charge in [-0.2, -0.15) is 0 Å². The van der Waals surface area contributed by atoms with E-state index in [9.17, 15) is 14.0 Å². The van der Waals surface area contributed by atoms with Crippen molar-refractivity contribution < 1.29 is 19.0 Å². The number of ether oxygens (including phenoxy) is 1. The van der Waals surface area contributed by atoms with E-state index in [1.165, 1.54) is 32.4 Å². The van der Waals surface area contributed by atoms with Crippen LogP contribution in [0.15, 0.2) is 29.2 Å². The second kappa shape index (κ2) is 5.42. The van der Waals surface area contributed by atoms with Crippen molar-refractivity contribution in [2.45, 2.75) is 19.6 Å². The molecule has 0 fully saturated rings. The molecule has 2 rings (SSSR count). The number of benzene rings is 1. The number of halogens is 1. The maximum Gasteiger partial charge on any atom is 0.310 e. The van der Waals surface area contributed by atoms with E-state index >= 15 is 0 Å². The Morgan fingerprint density at radius 2 is 2.20 bits per heavy atom. The number of carboxylic acid groups (broad SMARTS) is 1. The maximum absolute atomic E-state index is 13.3. The molecule has 20 heavy (non-hydrogen) atoms. The van der Waals surface area contributed by atoms with Crippen LogP contribution in [-0.2, 0) is 16.3 Å². The molecule has 1 atom stereocenters. The van der Waals surface area contributed by atoms with E-state index in [0.29, 0.717) is 5.52 Å². The van der Waals surface area contributed by atoms with Crippen LogP contribution < -0.4 is 5.43 Å². The van der Waals surface area contributed by atoms with Gasteiger partial charge in [-0.3, -0.25) is 9.59 Å². The molecule has 0 saturated carbocycles. The summed E-state index contributed by atoms with van der Waals surface area (Å²) in [6, 6.07) is 3.83. The topological polar surface area (TPSA) is 68.5 Å². The molecule has 0 spiro atoms. The van der Waals surface area contributed by atoms with E-state index in [2.05, 4.69) is 0 Å². The van der Waals surface area contributed by atoms with Crippen molar-refractivity contribution in [3.05, 3.63) is 46.0 Å². The van der Waals surface area contributed by atoms with Crippen molar-refractivity contribution in [2.24, 2.45) is 0 Å². The Morgan fingerprint density at radius 3 is 2.80 bits per heavy atom. The highest BCUT2D eigenvalue weighted by Crippen LogP contribution is 2.18. The minimum Gasteiger partial charge on any atom is -0.481 e. The van der Waals surface area contributed by atoms with E-state index in [1.54, 1.807) is 4.57 Å².